The third kappa shape index (κ3) is 4.40. The Labute approximate surface area is 207 Å². The molecule has 5 heteroatoms. The third-order valence-electron chi connectivity index (χ3n) is 6.39. The van der Waals surface area contributed by atoms with Crippen molar-refractivity contribution in [1.29, 1.82) is 0 Å². The lowest BCUT2D eigenvalue weighted by molar-refractivity contribution is -0.139. The summed E-state index contributed by atoms with van der Waals surface area (Å²) in [6.07, 6.45) is 7.98. The summed E-state index contributed by atoms with van der Waals surface area (Å²) in [6.45, 7) is 3.84. The summed E-state index contributed by atoms with van der Waals surface area (Å²) in [4.78, 5) is 28.0. The second kappa shape index (κ2) is 9.51. The SMILES string of the molecule is CC(C)c1ccc2c(c1)C(=O)C1C=CC=CC1=[SH+]2c1ccc(-c2ccccc2)c(OCC(=O)O)c1. The van der Waals surface area contributed by atoms with Crippen molar-refractivity contribution in [1.82, 2.24) is 0 Å². The summed E-state index contributed by atoms with van der Waals surface area (Å²) >= 11 is 0. The molecule has 2 unspecified atom stereocenters. The molecule has 1 N–H and O–H groups in total. The van der Waals surface area contributed by atoms with Crippen molar-refractivity contribution in [3.05, 3.63) is 102 Å². The molecule has 3 aromatic rings. The van der Waals surface area contributed by atoms with E-state index in [4.69, 9.17) is 4.74 Å². The third-order valence-corrected chi connectivity index (χ3v) is 9.00. The van der Waals surface area contributed by atoms with E-state index in [0.717, 1.165) is 36.9 Å². The number of aliphatic carboxylic acids is 1. The number of carbonyl (C=O) groups is 2. The molecule has 0 amide bonds. The number of hydrogen-bond acceptors (Lipinski definition) is 3. The Kier molecular flexibility index (Phi) is 6.27. The molecule has 176 valence electrons. The van der Waals surface area contributed by atoms with Gasteiger partial charge in [-0.2, -0.15) is 0 Å². The molecule has 0 bridgehead atoms. The molecule has 2 aliphatic rings. The van der Waals surface area contributed by atoms with Gasteiger partial charge in [-0.1, -0.05) is 79.0 Å². The van der Waals surface area contributed by atoms with Gasteiger partial charge in [-0.05, 0) is 47.4 Å². The van der Waals surface area contributed by atoms with Gasteiger partial charge in [0.05, 0.1) is 5.56 Å². The van der Waals surface area contributed by atoms with Crippen molar-refractivity contribution in [3.63, 3.8) is 0 Å². The number of carbonyl (C=O) groups excluding carboxylic acids is 1. The fourth-order valence-electron chi connectivity index (χ4n) is 4.63. The molecule has 0 saturated heterocycles. The van der Waals surface area contributed by atoms with Crippen molar-refractivity contribution < 1.29 is 19.4 Å². The Hall–Kier alpha value is -3.70. The number of rotatable bonds is 6. The van der Waals surface area contributed by atoms with Gasteiger partial charge in [0.2, 0.25) is 0 Å². The van der Waals surface area contributed by atoms with Crippen LogP contribution in [0.15, 0.2) is 101 Å². The molecular weight excluding hydrogens is 456 g/mol. The monoisotopic (exact) mass is 483 g/mol. The van der Waals surface area contributed by atoms with Crippen molar-refractivity contribution >= 4 is 27.1 Å². The van der Waals surface area contributed by atoms with E-state index >= 15 is 0 Å². The van der Waals surface area contributed by atoms with Crippen molar-refractivity contribution in [3.8, 4) is 16.9 Å². The number of carboxylic acid groups (broad SMARTS) is 1. The minimum Gasteiger partial charge on any atom is -0.481 e. The standard InChI is InChI=1S/C30H26O4S/c1-19(2)21-12-15-28-25(16-21)30(33)24-10-6-7-11-27(24)35(28)22-13-14-23(20-8-4-3-5-9-20)26(17-22)34-18-29(31)32/h3-17,19,24H,18H2,1-2H3,(H,31,32)/p+1. The summed E-state index contributed by atoms with van der Waals surface area (Å²) in [7, 11) is -0.992. The van der Waals surface area contributed by atoms with E-state index in [9.17, 15) is 14.7 Å². The highest BCUT2D eigenvalue weighted by Gasteiger charge is 2.38. The first-order valence-electron chi connectivity index (χ1n) is 11.7. The van der Waals surface area contributed by atoms with Crippen LogP contribution in [0.2, 0.25) is 0 Å². The average Bonchev–Trinajstić information content (AvgIpc) is 2.88. The lowest BCUT2D eigenvalue weighted by Gasteiger charge is -2.25. The fraction of sp³-hybridized carbons (Fsp3) is 0.167. The fourth-order valence-corrected chi connectivity index (χ4v) is 7.31. The van der Waals surface area contributed by atoms with E-state index < -0.39 is 23.1 Å². The van der Waals surface area contributed by atoms with Gasteiger partial charge in [0.15, 0.2) is 12.4 Å². The van der Waals surface area contributed by atoms with Gasteiger partial charge in [0, 0.05) is 11.6 Å². The van der Waals surface area contributed by atoms with Gasteiger partial charge in [0.25, 0.3) is 0 Å². The second-order valence-electron chi connectivity index (χ2n) is 9.01. The van der Waals surface area contributed by atoms with Gasteiger partial charge in [0.1, 0.15) is 26.3 Å². The highest BCUT2D eigenvalue weighted by atomic mass is 32.2. The first-order valence-corrected chi connectivity index (χ1v) is 13.0. The Morgan fingerprint density at radius 2 is 1.80 bits per heavy atom. The first-order chi connectivity index (χ1) is 16.9. The largest absolute Gasteiger partial charge is 0.481 e. The van der Waals surface area contributed by atoms with E-state index in [1.54, 1.807) is 0 Å². The molecular formula is C30H27O4S+. The molecule has 4 nitrogen and oxygen atoms in total. The van der Waals surface area contributed by atoms with Crippen molar-refractivity contribution in [2.24, 2.45) is 5.92 Å². The number of ketones is 1. The minimum atomic E-state index is -1.02. The molecule has 0 radical (unpaired) electrons. The summed E-state index contributed by atoms with van der Waals surface area (Å²) in [6, 6.07) is 22.1. The van der Waals surface area contributed by atoms with Gasteiger partial charge < -0.3 is 9.84 Å². The molecule has 1 aliphatic heterocycles. The number of allylic oxidation sites excluding steroid dienone is 4. The van der Waals surface area contributed by atoms with Crippen LogP contribution < -0.4 is 4.74 Å². The number of Topliss-reactive ketones (excluding diaryl/α,β-unsaturated/α-hetero) is 1. The Balaban J connectivity index is 1.71. The van der Waals surface area contributed by atoms with Gasteiger partial charge >= 0.3 is 5.97 Å². The van der Waals surface area contributed by atoms with Crippen LogP contribution in [0.1, 0.15) is 35.7 Å². The zero-order chi connectivity index (χ0) is 24.5. The van der Waals surface area contributed by atoms with E-state index in [2.05, 4.69) is 44.2 Å². The number of thiol groups is 1. The van der Waals surface area contributed by atoms with Crippen LogP contribution in [-0.2, 0) is 15.3 Å². The van der Waals surface area contributed by atoms with Crippen LogP contribution in [-0.4, -0.2) is 28.3 Å². The lowest BCUT2D eigenvalue weighted by Crippen LogP contribution is -2.32. The summed E-state index contributed by atoms with van der Waals surface area (Å²) in [5.41, 5.74) is 3.74. The molecule has 0 saturated carbocycles. The predicted octanol–water partition coefficient (Wildman–Crippen LogP) is 5.82. The smallest absolute Gasteiger partial charge is 0.341 e. The summed E-state index contributed by atoms with van der Waals surface area (Å²) < 4.78 is 5.78. The second-order valence-corrected chi connectivity index (χ2v) is 11.2. The van der Waals surface area contributed by atoms with Crippen LogP contribution in [0.5, 0.6) is 5.75 Å². The summed E-state index contributed by atoms with van der Waals surface area (Å²) in [5.74, 6) is -0.306. The molecule has 3 aromatic carbocycles. The highest BCUT2D eigenvalue weighted by molar-refractivity contribution is 7.97. The minimum absolute atomic E-state index is 0.139. The van der Waals surface area contributed by atoms with E-state index in [0.29, 0.717) is 11.7 Å². The normalized spacial score (nSPS) is 18.4. The van der Waals surface area contributed by atoms with Gasteiger partial charge in [-0.15, -0.1) is 0 Å². The maximum absolute atomic E-state index is 13.5. The maximum Gasteiger partial charge on any atom is 0.341 e. The number of carboxylic acids is 1. The van der Waals surface area contributed by atoms with E-state index in [-0.39, 0.29) is 11.7 Å². The van der Waals surface area contributed by atoms with Crippen LogP contribution >= 0.6 is 0 Å². The zero-order valence-electron chi connectivity index (χ0n) is 19.6. The number of hydrogen-bond donors (Lipinski definition) is 1. The lowest BCUT2D eigenvalue weighted by atomic mass is 9.89. The van der Waals surface area contributed by atoms with Crippen LogP contribution in [0, 0.1) is 5.92 Å². The highest BCUT2D eigenvalue weighted by Crippen LogP contribution is 2.38. The predicted molar refractivity (Wildman–Crippen MR) is 142 cm³/mol. The molecule has 0 aromatic heterocycles. The first kappa shape index (κ1) is 23.1. The zero-order valence-corrected chi connectivity index (χ0v) is 20.5. The Morgan fingerprint density at radius 3 is 2.54 bits per heavy atom. The molecule has 0 fully saturated rings. The summed E-state index contributed by atoms with van der Waals surface area (Å²) in [5, 5.41) is 9.26. The van der Waals surface area contributed by atoms with Crippen molar-refractivity contribution in [2.45, 2.75) is 29.6 Å². The number of benzene rings is 3. The Morgan fingerprint density at radius 1 is 1.00 bits per heavy atom. The van der Waals surface area contributed by atoms with Gasteiger partial charge in [-0.25, -0.2) is 4.79 Å². The topological polar surface area (TPSA) is 63.6 Å². The average molecular weight is 484 g/mol. The van der Waals surface area contributed by atoms with Crippen LogP contribution in [0.3, 0.4) is 0 Å². The van der Waals surface area contributed by atoms with Crippen LogP contribution in [0.25, 0.3) is 11.1 Å². The maximum atomic E-state index is 13.5. The number of fused-ring (bicyclic) bond motifs is 2. The van der Waals surface area contributed by atoms with Gasteiger partial charge in [-0.3, -0.25) is 4.79 Å². The Bertz CT molecular complexity index is 1410. The molecule has 0 spiro atoms. The van der Waals surface area contributed by atoms with Crippen molar-refractivity contribution in [2.75, 3.05) is 6.61 Å². The molecule has 5 rings (SSSR count). The molecule has 2 atom stereocenters. The van der Waals surface area contributed by atoms with Crippen LogP contribution in [0.4, 0.5) is 0 Å². The van der Waals surface area contributed by atoms with E-state index in [1.165, 1.54) is 0 Å². The number of ether oxygens (including phenoxy) is 1. The van der Waals surface area contributed by atoms with E-state index in [1.807, 2.05) is 60.7 Å². The molecule has 1 heterocycles. The molecule has 1 aliphatic carbocycles. The quantitative estimate of drug-likeness (QED) is 0.273. The molecule has 35 heavy (non-hydrogen) atoms.